The Morgan fingerprint density at radius 3 is 3.00 bits per heavy atom. The van der Waals surface area contributed by atoms with E-state index in [0.29, 0.717) is 16.7 Å². The van der Waals surface area contributed by atoms with E-state index in [-0.39, 0.29) is 18.0 Å². The zero-order valence-electron chi connectivity index (χ0n) is 7.80. The molecule has 1 saturated heterocycles. The van der Waals surface area contributed by atoms with Crippen LogP contribution in [0.15, 0.2) is 0 Å². The van der Waals surface area contributed by atoms with Crippen LogP contribution in [0.25, 0.3) is 0 Å². The van der Waals surface area contributed by atoms with Crippen LogP contribution in [0.3, 0.4) is 0 Å². The fourth-order valence-corrected chi connectivity index (χ4v) is 3.10. The Kier molecular flexibility index (Phi) is 3.34. The van der Waals surface area contributed by atoms with Gasteiger partial charge in [0.2, 0.25) is 5.91 Å². The van der Waals surface area contributed by atoms with Crippen molar-refractivity contribution in [1.82, 2.24) is 10.6 Å². The number of alkyl halides is 2. The molecule has 0 radical (unpaired) electrons. The van der Waals surface area contributed by atoms with Crippen molar-refractivity contribution in [3.63, 3.8) is 0 Å². The molecule has 80 valence electrons. The standard InChI is InChI=1S/C9H14BrClN2O/c10-5-1-2-7-6(3-5)9(14)13-8(4-11)12-7/h5-8,12H,1-4H2,(H,13,14). The van der Waals surface area contributed by atoms with E-state index >= 15 is 0 Å². The van der Waals surface area contributed by atoms with Gasteiger partial charge in [-0.3, -0.25) is 10.1 Å². The lowest BCUT2D eigenvalue weighted by Crippen LogP contribution is -2.63. The summed E-state index contributed by atoms with van der Waals surface area (Å²) in [5, 5.41) is 6.25. The maximum Gasteiger partial charge on any atom is 0.225 e. The summed E-state index contributed by atoms with van der Waals surface area (Å²) in [6.45, 7) is 0. The molecule has 1 heterocycles. The van der Waals surface area contributed by atoms with E-state index in [1.807, 2.05) is 0 Å². The number of hydrogen-bond donors (Lipinski definition) is 2. The second-order valence-corrected chi connectivity index (χ2v) is 5.61. The van der Waals surface area contributed by atoms with Gasteiger partial charge in [0.25, 0.3) is 0 Å². The number of amides is 1. The Hall–Kier alpha value is 0.200. The number of nitrogens with one attached hydrogen (secondary N) is 2. The van der Waals surface area contributed by atoms with Crippen LogP contribution in [-0.4, -0.2) is 28.8 Å². The summed E-state index contributed by atoms with van der Waals surface area (Å²) >= 11 is 9.30. The normalized spacial score (nSPS) is 42.9. The first-order chi connectivity index (χ1) is 6.70. The van der Waals surface area contributed by atoms with Crippen molar-refractivity contribution < 1.29 is 4.79 Å². The predicted molar refractivity (Wildman–Crippen MR) is 59.6 cm³/mol. The highest BCUT2D eigenvalue weighted by molar-refractivity contribution is 9.09. The predicted octanol–water partition coefficient (Wildman–Crippen LogP) is 1.20. The summed E-state index contributed by atoms with van der Waals surface area (Å²) in [5.74, 6) is 0.711. The molecule has 2 rings (SSSR count). The topological polar surface area (TPSA) is 41.1 Å². The summed E-state index contributed by atoms with van der Waals surface area (Å²) < 4.78 is 0. The molecule has 1 saturated carbocycles. The first-order valence-electron chi connectivity index (χ1n) is 4.97. The minimum Gasteiger partial charge on any atom is -0.339 e. The van der Waals surface area contributed by atoms with Crippen LogP contribution >= 0.6 is 27.5 Å². The van der Waals surface area contributed by atoms with E-state index in [4.69, 9.17) is 11.6 Å². The largest absolute Gasteiger partial charge is 0.339 e. The smallest absolute Gasteiger partial charge is 0.225 e. The molecule has 1 aliphatic carbocycles. The molecule has 3 nitrogen and oxygen atoms in total. The molecular weight excluding hydrogens is 267 g/mol. The fraction of sp³-hybridized carbons (Fsp3) is 0.889. The van der Waals surface area contributed by atoms with Crippen LogP contribution in [0.5, 0.6) is 0 Å². The lowest BCUT2D eigenvalue weighted by Gasteiger charge is -2.40. The van der Waals surface area contributed by atoms with Gasteiger partial charge in [-0.05, 0) is 19.3 Å². The number of carbonyl (C=O) groups excluding carboxylic acids is 1. The number of rotatable bonds is 1. The average Bonchev–Trinajstić information content (AvgIpc) is 2.19. The molecule has 1 aliphatic heterocycles. The van der Waals surface area contributed by atoms with Gasteiger partial charge in [-0.1, -0.05) is 15.9 Å². The Morgan fingerprint density at radius 2 is 2.29 bits per heavy atom. The van der Waals surface area contributed by atoms with Gasteiger partial charge in [-0.15, -0.1) is 11.6 Å². The van der Waals surface area contributed by atoms with Crippen LogP contribution < -0.4 is 10.6 Å². The third-order valence-electron chi connectivity index (χ3n) is 3.01. The summed E-state index contributed by atoms with van der Waals surface area (Å²) in [4.78, 5) is 12.2. The lowest BCUT2D eigenvalue weighted by molar-refractivity contribution is -0.130. The first-order valence-corrected chi connectivity index (χ1v) is 6.42. The van der Waals surface area contributed by atoms with E-state index in [0.717, 1.165) is 19.3 Å². The molecule has 0 aromatic heterocycles. The molecule has 14 heavy (non-hydrogen) atoms. The molecule has 0 bridgehead atoms. The van der Waals surface area contributed by atoms with Crippen molar-refractivity contribution in [2.75, 3.05) is 5.88 Å². The van der Waals surface area contributed by atoms with Gasteiger partial charge in [-0.25, -0.2) is 0 Å². The van der Waals surface area contributed by atoms with Gasteiger partial charge >= 0.3 is 0 Å². The van der Waals surface area contributed by atoms with Crippen LogP contribution in [0.2, 0.25) is 0 Å². The highest BCUT2D eigenvalue weighted by Gasteiger charge is 2.39. The number of carbonyl (C=O) groups is 1. The van der Waals surface area contributed by atoms with Crippen molar-refractivity contribution >= 4 is 33.4 Å². The van der Waals surface area contributed by atoms with E-state index in [1.54, 1.807) is 0 Å². The second kappa shape index (κ2) is 4.37. The molecule has 4 unspecified atom stereocenters. The molecule has 0 spiro atoms. The Morgan fingerprint density at radius 1 is 1.50 bits per heavy atom. The Bertz CT molecular complexity index is 239. The highest BCUT2D eigenvalue weighted by Crippen LogP contribution is 2.31. The molecule has 0 aromatic rings. The zero-order chi connectivity index (χ0) is 10.1. The van der Waals surface area contributed by atoms with Gasteiger partial charge in [0.15, 0.2) is 0 Å². The van der Waals surface area contributed by atoms with E-state index in [1.165, 1.54) is 0 Å². The molecule has 4 atom stereocenters. The number of halogens is 2. The Labute approximate surface area is 97.1 Å². The molecule has 1 amide bonds. The van der Waals surface area contributed by atoms with Gasteiger partial charge in [0.05, 0.1) is 18.0 Å². The molecule has 5 heteroatoms. The average molecular weight is 282 g/mol. The van der Waals surface area contributed by atoms with Crippen molar-refractivity contribution in [2.45, 2.75) is 36.3 Å². The van der Waals surface area contributed by atoms with Crippen LogP contribution in [0, 0.1) is 5.92 Å². The maximum atomic E-state index is 11.7. The molecule has 0 aromatic carbocycles. The monoisotopic (exact) mass is 280 g/mol. The quantitative estimate of drug-likeness (QED) is 0.709. The molecule has 2 aliphatic rings. The van der Waals surface area contributed by atoms with Crippen molar-refractivity contribution in [1.29, 1.82) is 0 Å². The fourth-order valence-electron chi connectivity index (χ4n) is 2.27. The van der Waals surface area contributed by atoms with Crippen molar-refractivity contribution in [2.24, 2.45) is 5.92 Å². The van der Waals surface area contributed by atoms with E-state index < -0.39 is 0 Å². The van der Waals surface area contributed by atoms with E-state index in [9.17, 15) is 4.79 Å². The summed E-state index contributed by atoms with van der Waals surface area (Å²) in [6, 6.07) is 0.321. The van der Waals surface area contributed by atoms with Crippen LogP contribution in [-0.2, 0) is 4.79 Å². The van der Waals surface area contributed by atoms with Gasteiger partial charge in [0, 0.05) is 10.9 Å². The van der Waals surface area contributed by atoms with Gasteiger partial charge in [0.1, 0.15) is 0 Å². The summed E-state index contributed by atoms with van der Waals surface area (Å²) in [5.41, 5.74) is 0. The molecule has 2 N–H and O–H groups in total. The third-order valence-corrected chi connectivity index (χ3v) is 4.15. The third kappa shape index (κ3) is 2.07. The molecular formula is C9H14BrClN2O. The Balaban J connectivity index is 2.03. The van der Waals surface area contributed by atoms with Crippen LogP contribution in [0.1, 0.15) is 19.3 Å². The molecule has 2 fully saturated rings. The van der Waals surface area contributed by atoms with Gasteiger partial charge < -0.3 is 5.32 Å². The number of fused-ring (bicyclic) bond motifs is 1. The second-order valence-electron chi connectivity index (χ2n) is 4.01. The maximum absolute atomic E-state index is 11.7. The van der Waals surface area contributed by atoms with Crippen molar-refractivity contribution in [3.8, 4) is 0 Å². The van der Waals surface area contributed by atoms with E-state index in [2.05, 4.69) is 26.6 Å². The minimum absolute atomic E-state index is 0.0442. The lowest BCUT2D eigenvalue weighted by atomic mass is 9.82. The first kappa shape index (κ1) is 10.7. The highest BCUT2D eigenvalue weighted by atomic mass is 79.9. The number of hydrogen-bond acceptors (Lipinski definition) is 2. The van der Waals surface area contributed by atoms with Crippen molar-refractivity contribution in [3.05, 3.63) is 0 Å². The van der Waals surface area contributed by atoms with Crippen LogP contribution in [0.4, 0.5) is 0 Å². The summed E-state index contributed by atoms with van der Waals surface area (Å²) in [7, 11) is 0. The SMILES string of the molecule is O=C1NC(CCl)NC2CCC(Br)CC12. The summed E-state index contributed by atoms with van der Waals surface area (Å²) in [6.07, 6.45) is 3.08. The minimum atomic E-state index is -0.0442. The van der Waals surface area contributed by atoms with Gasteiger partial charge in [-0.2, -0.15) is 0 Å². The zero-order valence-corrected chi connectivity index (χ0v) is 10.1.